The summed E-state index contributed by atoms with van der Waals surface area (Å²) in [6.07, 6.45) is 2.71. The number of nitrogens with zero attached hydrogens (tertiary/aromatic N) is 4. The minimum absolute atomic E-state index is 0.162. The lowest BCUT2D eigenvalue weighted by Crippen LogP contribution is -2.41. The average molecular weight is 399 g/mol. The molecule has 2 aromatic heterocycles. The second kappa shape index (κ2) is 7.33. The van der Waals surface area contributed by atoms with Gasteiger partial charge >= 0.3 is 0 Å². The Balaban J connectivity index is 1.41. The first-order valence-corrected chi connectivity index (χ1v) is 10.6. The third-order valence-corrected chi connectivity index (χ3v) is 6.95. The lowest BCUT2D eigenvalue weighted by atomic mass is 9.97. The number of carbonyl (C=O) groups excluding carboxylic acids is 1. The molecule has 9 heteroatoms. The Bertz CT molecular complexity index is 1100. The van der Waals surface area contributed by atoms with Gasteiger partial charge in [0.2, 0.25) is 21.9 Å². The molecule has 0 spiro atoms. The van der Waals surface area contributed by atoms with E-state index in [-0.39, 0.29) is 16.7 Å². The van der Waals surface area contributed by atoms with Crippen LogP contribution < -0.4 is 5.32 Å². The molecule has 28 heavy (non-hydrogen) atoms. The lowest BCUT2D eigenvalue weighted by molar-refractivity contribution is -0.121. The summed E-state index contributed by atoms with van der Waals surface area (Å²) in [5.74, 6) is -0.0543. The fourth-order valence-electron chi connectivity index (χ4n) is 3.36. The first-order chi connectivity index (χ1) is 13.4. The van der Waals surface area contributed by atoms with E-state index in [0.29, 0.717) is 37.5 Å². The summed E-state index contributed by atoms with van der Waals surface area (Å²) in [5.41, 5.74) is 1.66. The number of anilines is 1. The number of carbonyl (C=O) groups is 1. The van der Waals surface area contributed by atoms with E-state index in [9.17, 15) is 13.2 Å². The van der Waals surface area contributed by atoms with Crippen LogP contribution >= 0.6 is 0 Å². The van der Waals surface area contributed by atoms with Gasteiger partial charge in [-0.25, -0.2) is 8.42 Å². The molecule has 0 aliphatic carbocycles. The number of sulfonamides is 1. The number of fused-ring (bicyclic) bond motifs is 1. The monoisotopic (exact) mass is 399 g/mol. The summed E-state index contributed by atoms with van der Waals surface area (Å²) in [5, 5.41) is 10.8. The second-order valence-electron chi connectivity index (χ2n) is 6.93. The van der Waals surface area contributed by atoms with Crippen LogP contribution in [0.15, 0.2) is 53.6 Å². The molecule has 1 aliphatic rings. The van der Waals surface area contributed by atoms with Gasteiger partial charge in [0, 0.05) is 25.2 Å². The zero-order chi connectivity index (χ0) is 19.7. The van der Waals surface area contributed by atoms with Crippen LogP contribution in [0, 0.1) is 12.8 Å². The highest BCUT2D eigenvalue weighted by molar-refractivity contribution is 7.89. The maximum absolute atomic E-state index is 12.8. The minimum Gasteiger partial charge on any atom is -0.294 e. The molecule has 4 rings (SSSR count). The molecule has 0 unspecified atom stereocenters. The number of amides is 1. The predicted molar refractivity (Wildman–Crippen MR) is 104 cm³/mol. The maximum Gasteiger partial charge on any atom is 0.243 e. The van der Waals surface area contributed by atoms with Gasteiger partial charge in [0.15, 0.2) is 5.65 Å². The molecule has 1 aliphatic heterocycles. The molecule has 1 fully saturated rings. The molecular formula is C19H21N5O3S. The van der Waals surface area contributed by atoms with Crippen molar-refractivity contribution in [3.63, 3.8) is 0 Å². The van der Waals surface area contributed by atoms with Crippen LogP contribution in [0.4, 0.5) is 5.95 Å². The summed E-state index contributed by atoms with van der Waals surface area (Å²) >= 11 is 0. The molecule has 0 atom stereocenters. The quantitative estimate of drug-likeness (QED) is 0.724. The van der Waals surface area contributed by atoms with Crippen molar-refractivity contribution in [2.75, 3.05) is 18.4 Å². The molecule has 8 nitrogen and oxygen atoms in total. The third kappa shape index (κ3) is 3.50. The number of pyridine rings is 1. The van der Waals surface area contributed by atoms with Gasteiger partial charge in [0.25, 0.3) is 0 Å². The van der Waals surface area contributed by atoms with Gasteiger partial charge < -0.3 is 0 Å². The van der Waals surface area contributed by atoms with Gasteiger partial charge in [-0.05, 0) is 44.0 Å². The van der Waals surface area contributed by atoms with Crippen molar-refractivity contribution in [1.82, 2.24) is 18.9 Å². The van der Waals surface area contributed by atoms with E-state index in [1.165, 1.54) is 4.31 Å². The SMILES string of the molecule is Cc1ccc(S(=O)(=O)N2CCC(C(=O)Nc3nnc4ccccn34)CC2)cc1. The minimum atomic E-state index is -3.53. The zero-order valence-electron chi connectivity index (χ0n) is 15.4. The van der Waals surface area contributed by atoms with Crippen molar-refractivity contribution in [3.8, 4) is 0 Å². The van der Waals surface area contributed by atoms with Crippen molar-refractivity contribution in [1.29, 1.82) is 0 Å². The fraction of sp³-hybridized carbons (Fsp3) is 0.316. The van der Waals surface area contributed by atoms with Crippen molar-refractivity contribution in [3.05, 3.63) is 54.2 Å². The Morgan fingerprint density at radius 2 is 1.79 bits per heavy atom. The van der Waals surface area contributed by atoms with Crippen molar-refractivity contribution < 1.29 is 13.2 Å². The Morgan fingerprint density at radius 3 is 2.50 bits per heavy atom. The van der Waals surface area contributed by atoms with Crippen LogP contribution in [0.25, 0.3) is 5.65 Å². The second-order valence-corrected chi connectivity index (χ2v) is 8.87. The Labute approximate surface area is 163 Å². The molecule has 1 N–H and O–H groups in total. The summed E-state index contributed by atoms with van der Waals surface area (Å²) in [4.78, 5) is 12.9. The van der Waals surface area contributed by atoms with Gasteiger partial charge in [-0.2, -0.15) is 4.31 Å². The fourth-order valence-corrected chi connectivity index (χ4v) is 4.83. The first kappa shape index (κ1) is 18.6. The highest BCUT2D eigenvalue weighted by Gasteiger charge is 2.32. The maximum atomic E-state index is 12.8. The first-order valence-electron chi connectivity index (χ1n) is 9.12. The summed E-state index contributed by atoms with van der Waals surface area (Å²) in [6.45, 7) is 2.54. The van der Waals surface area contributed by atoms with E-state index >= 15 is 0 Å². The van der Waals surface area contributed by atoms with Crippen LogP contribution in [-0.4, -0.2) is 46.3 Å². The summed E-state index contributed by atoms with van der Waals surface area (Å²) in [6, 6.07) is 12.3. The topological polar surface area (TPSA) is 96.7 Å². The molecule has 1 amide bonds. The van der Waals surface area contributed by atoms with E-state index in [1.54, 1.807) is 40.9 Å². The molecule has 0 saturated carbocycles. The van der Waals surface area contributed by atoms with E-state index in [4.69, 9.17) is 0 Å². The van der Waals surface area contributed by atoms with Crippen LogP contribution in [-0.2, 0) is 14.8 Å². The van der Waals surface area contributed by atoms with Gasteiger partial charge in [-0.1, -0.05) is 23.8 Å². The number of rotatable bonds is 4. The van der Waals surface area contributed by atoms with Crippen LogP contribution in [0.2, 0.25) is 0 Å². The number of nitrogens with one attached hydrogen (secondary N) is 1. The Hall–Kier alpha value is -2.78. The highest BCUT2D eigenvalue weighted by atomic mass is 32.2. The van der Waals surface area contributed by atoms with E-state index in [1.807, 2.05) is 19.1 Å². The summed E-state index contributed by atoms with van der Waals surface area (Å²) < 4.78 is 28.7. The van der Waals surface area contributed by atoms with Crippen LogP contribution in [0.3, 0.4) is 0 Å². The van der Waals surface area contributed by atoms with E-state index < -0.39 is 10.0 Å². The predicted octanol–water partition coefficient (Wildman–Crippen LogP) is 2.08. The molecule has 146 valence electrons. The molecule has 0 radical (unpaired) electrons. The van der Waals surface area contributed by atoms with Crippen molar-refractivity contribution >= 4 is 27.5 Å². The van der Waals surface area contributed by atoms with E-state index in [0.717, 1.165) is 5.56 Å². The number of aromatic nitrogens is 3. The van der Waals surface area contributed by atoms with Crippen LogP contribution in [0.5, 0.6) is 0 Å². The Morgan fingerprint density at radius 1 is 1.07 bits per heavy atom. The molecule has 0 bridgehead atoms. The molecule has 3 heterocycles. The standard InChI is InChI=1S/C19H21N5O3S/c1-14-5-7-16(8-6-14)28(26,27)23-12-9-15(10-13-23)18(25)20-19-22-21-17-4-2-3-11-24(17)19/h2-8,11,15H,9-10,12-13H2,1H3,(H,20,22,25). The van der Waals surface area contributed by atoms with Gasteiger partial charge in [-0.3, -0.25) is 14.5 Å². The number of hydrogen-bond acceptors (Lipinski definition) is 5. The molecular weight excluding hydrogens is 378 g/mol. The average Bonchev–Trinajstić information content (AvgIpc) is 3.11. The number of aryl methyl sites for hydroxylation is 1. The van der Waals surface area contributed by atoms with Crippen LogP contribution in [0.1, 0.15) is 18.4 Å². The zero-order valence-corrected chi connectivity index (χ0v) is 16.3. The Kier molecular flexibility index (Phi) is 4.86. The number of piperidine rings is 1. The summed E-state index contributed by atoms with van der Waals surface area (Å²) in [7, 11) is -3.53. The molecule has 3 aromatic rings. The lowest BCUT2D eigenvalue weighted by Gasteiger charge is -2.30. The molecule has 1 aromatic carbocycles. The third-order valence-electron chi connectivity index (χ3n) is 5.03. The van der Waals surface area contributed by atoms with Crippen molar-refractivity contribution in [2.45, 2.75) is 24.7 Å². The smallest absolute Gasteiger partial charge is 0.243 e. The largest absolute Gasteiger partial charge is 0.294 e. The molecule has 1 saturated heterocycles. The highest BCUT2D eigenvalue weighted by Crippen LogP contribution is 2.25. The van der Waals surface area contributed by atoms with Gasteiger partial charge in [0.05, 0.1) is 4.90 Å². The number of benzene rings is 1. The number of hydrogen-bond donors (Lipinski definition) is 1. The van der Waals surface area contributed by atoms with E-state index in [2.05, 4.69) is 15.5 Å². The normalized spacial score (nSPS) is 16.3. The van der Waals surface area contributed by atoms with Gasteiger partial charge in [0.1, 0.15) is 0 Å². The van der Waals surface area contributed by atoms with Crippen molar-refractivity contribution in [2.24, 2.45) is 5.92 Å². The van der Waals surface area contributed by atoms with Gasteiger partial charge in [-0.15, -0.1) is 10.2 Å².